The number of rotatable bonds is 6. The van der Waals surface area contributed by atoms with Crippen molar-refractivity contribution in [2.75, 3.05) is 5.32 Å². The second kappa shape index (κ2) is 9.14. The molecule has 1 N–H and O–H groups in total. The zero-order valence-electron chi connectivity index (χ0n) is 20.1. The van der Waals surface area contributed by atoms with Gasteiger partial charge in [-0.05, 0) is 35.7 Å². The Morgan fingerprint density at radius 3 is 2.20 bits per heavy atom. The summed E-state index contributed by atoms with van der Waals surface area (Å²) in [4.78, 5) is 26.9. The molecule has 0 radical (unpaired) electrons. The Hall–Kier alpha value is -4.32. The summed E-state index contributed by atoms with van der Waals surface area (Å²) in [5.41, 5.74) is 4.59. The number of carbonyl (C=O) groups excluding carboxylic acids is 1. The number of benzene rings is 3. The van der Waals surface area contributed by atoms with Crippen LogP contribution in [-0.4, -0.2) is 19.8 Å². The fourth-order valence-corrected chi connectivity index (χ4v) is 4.81. The van der Waals surface area contributed by atoms with E-state index in [-0.39, 0.29) is 23.9 Å². The lowest BCUT2D eigenvalue weighted by molar-refractivity contribution is -0.116. The van der Waals surface area contributed by atoms with Crippen LogP contribution in [0.15, 0.2) is 95.8 Å². The third kappa shape index (κ3) is 4.08. The summed E-state index contributed by atoms with van der Waals surface area (Å²) in [5.74, 6) is -0.200. The van der Waals surface area contributed by atoms with Crippen LogP contribution < -0.4 is 10.9 Å². The van der Waals surface area contributed by atoms with E-state index in [1.54, 1.807) is 4.68 Å². The molecule has 0 aliphatic rings. The highest BCUT2D eigenvalue weighted by atomic mass is 16.2. The quantitative estimate of drug-likeness (QED) is 0.358. The lowest BCUT2D eigenvalue weighted by atomic mass is 10.1. The van der Waals surface area contributed by atoms with E-state index >= 15 is 0 Å². The highest BCUT2D eigenvalue weighted by molar-refractivity contribution is 5.94. The number of anilines is 1. The number of hydrogen-bond acceptors (Lipinski definition) is 2. The maximum Gasteiger partial charge on any atom is 0.295 e. The molecule has 5 rings (SSSR count). The fourth-order valence-electron chi connectivity index (χ4n) is 4.81. The van der Waals surface area contributed by atoms with Crippen molar-refractivity contribution in [3.8, 4) is 16.9 Å². The lowest BCUT2D eigenvalue weighted by Crippen LogP contribution is -2.25. The van der Waals surface area contributed by atoms with E-state index in [4.69, 9.17) is 0 Å². The Morgan fingerprint density at radius 2 is 1.51 bits per heavy atom. The number of aromatic nitrogens is 3. The van der Waals surface area contributed by atoms with Gasteiger partial charge in [-0.2, -0.15) is 0 Å². The van der Waals surface area contributed by atoms with E-state index in [1.807, 2.05) is 115 Å². The molecule has 1 amide bonds. The SMILES string of the molecule is CC(C)c1c(NC(=O)Cn2c(-c3ccccc3)cc3ccccc32)c(=O)n(-c2ccccc2)n1C. The molecule has 0 atom stereocenters. The monoisotopic (exact) mass is 464 g/mol. The second-order valence-corrected chi connectivity index (χ2v) is 8.98. The molecular weight excluding hydrogens is 436 g/mol. The van der Waals surface area contributed by atoms with Gasteiger partial charge in [-0.25, -0.2) is 4.68 Å². The van der Waals surface area contributed by atoms with E-state index < -0.39 is 0 Å². The van der Waals surface area contributed by atoms with E-state index in [2.05, 4.69) is 11.4 Å². The van der Waals surface area contributed by atoms with Gasteiger partial charge in [0.2, 0.25) is 5.91 Å². The highest BCUT2D eigenvalue weighted by Gasteiger charge is 2.23. The van der Waals surface area contributed by atoms with Gasteiger partial charge in [0.1, 0.15) is 12.2 Å². The van der Waals surface area contributed by atoms with Crippen molar-refractivity contribution in [2.24, 2.45) is 7.05 Å². The predicted octanol–water partition coefficient (Wildman–Crippen LogP) is 5.56. The number of nitrogens with one attached hydrogen (secondary N) is 1. The number of carbonyl (C=O) groups is 1. The van der Waals surface area contributed by atoms with Gasteiger partial charge in [-0.3, -0.25) is 14.3 Å². The second-order valence-electron chi connectivity index (χ2n) is 8.98. The predicted molar refractivity (Wildman–Crippen MR) is 141 cm³/mol. The average molecular weight is 465 g/mol. The molecule has 35 heavy (non-hydrogen) atoms. The van der Waals surface area contributed by atoms with Gasteiger partial charge in [-0.15, -0.1) is 0 Å². The van der Waals surface area contributed by atoms with Crippen LogP contribution in [0.25, 0.3) is 27.8 Å². The lowest BCUT2D eigenvalue weighted by Gasteiger charge is -2.14. The van der Waals surface area contributed by atoms with Crippen molar-refractivity contribution < 1.29 is 4.79 Å². The van der Waals surface area contributed by atoms with E-state index in [0.717, 1.165) is 33.5 Å². The van der Waals surface area contributed by atoms with E-state index in [9.17, 15) is 9.59 Å². The maximum atomic E-state index is 13.5. The van der Waals surface area contributed by atoms with Crippen LogP contribution in [0.1, 0.15) is 25.5 Å². The fraction of sp³-hybridized carbons (Fsp3) is 0.172. The Balaban J connectivity index is 1.54. The summed E-state index contributed by atoms with van der Waals surface area (Å²) in [6.07, 6.45) is 0. The van der Waals surface area contributed by atoms with Crippen LogP contribution in [0.4, 0.5) is 5.69 Å². The number of fused-ring (bicyclic) bond motifs is 1. The average Bonchev–Trinajstić information content (AvgIpc) is 3.34. The molecule has 0 saturated heterocycles. The van der Waals surface area contributed by atoms with Crippen molar-refractivity contribution in [3.05, 3.63) is 107 Å². The first-order chi connectivity index (χ1) is 17.0. The Kier molecular flexibility index (Phi) is 5.87. The first-order valence-corrected chi connectivity index (χ1v) is 11.8. The topological polar surface area (TPSA) is 61.0 Å². The highest BCUT2D eigenvalue weighted by Crippen LogP contribution is 2.29. The number of para-hydroxylation sites is 2. The van der Waals surface area contributed by atoms with Crippen LogP contribution in [0.3, 0.4) is 0 Å². The van der Waals surface area contributed by atoms with Crippen LogP contribution in [-0.2, 0) is 18.4 Å². The molecule has 0 spiro atoms. The minimum Gasteiger partial charge on any atom is -0.331 e. The molecule has 5 aromatic rings. The minimum atomic E-state index is -0.242. The van der Waals surface area contributed by atoms with E-state index in [1.165, 1.54) is 0 Å². The molecule has 0 bridgehead atoms. The third-order valence-corrected chi connectivity index (χ3v) is 6.30. The molecule has 0 aliphatic heterocycles. The largest absolute Gasteiger partial charge is 0.331 e. The summed E-state index contributed by atoms with van der Waals surface area (Å²) in [5, 5.41) is 4.02. The van der Waals surface area contributed by atoms with Gasteiger partial charge < -0.3 is 9.88 Å². The number of hydrogen-bond donors (Lipinski definition) is 1. The normalized spacial score (nSPS) is 11.3. The molecule has 3 aromatic carbocycles. The molecule has 176 valence electrons. The zero-order valence-corrected chi connectivity index (χ0v) is 20.1. The van der Waals surface area contributed by atoms with E-state index in [0.29, 0.717) is 5.69 Å². The summed E-state index contributed by atoms with van der Waals surface area (Å²) < 4.78 is 5.44. The summed E-state index contributed by atoms with van der Waals surface area (Å²) in [6.45, 7) is 4.13. The Morgan fingerprint density at radius 1 is 0.886 bits per heavy atom. The number of nitrogens with zero attached hydrogens (tertiary/aromatic N) is 3. The van der Waals surface area contributed by atoms with Crippen molar-refractivity contribution >= 4 is 22.5 Å². The van der Waals surface area contributed by atoms with Gasteiger partial charge >= 0.3 is 0 Å². The van der Waals surface area contributed by atoms with Crippen LogP contribution >= 0.6 is 0 Å². The molecule has 6 nitrogen and oxygen atoms in total. The molecule has 0 fully saturated rings. The Bertz CT molecular complexity index is 1560. The molecule has 2 aromatic heterocycles. The zero-order chi connectivity index (χ0) is 24.5. The van der Waals surface area contributed by atoms with Gasteiger partial charge in [0.15, 0.2) is 0 Å². The smallest absolute Gasteiger partial charge is 0.295 e. The standard InChI is InChI=1S/C29H28N4O2/c1-20(2)28-27(29(35)33(31(28)3)23-15-8-5-9-16-23)30-26(34)19-32-24-17-11-10-14-22(24)18-25(32)21-12-6-4-7-13-21/h4-18,20H,19H2,1-3H3,(H,30,34). The summed E-state index contributed by atoms with van der Waals surface area (Å²) in [6, 6.07) is 29.6. The van der Waals surface area contributed by atoms with Gasteiger partial charge in [0.25, 0.3) is 5.56 Å². The van der Waals surface area contributed by atoms with Crippen LogP contribution in [0.5, 0.6) is 0 Å². The van der Waals surface area contributed by atoms with Crippen molar-refractivity contribution in [2.45, 2.75) is 26.3 Å². The first kappa shape index (κ1) is 22.5. The molecule has 0 saturated carbocycles. The summed E-state index contributed by atoms with van der Waals surface area (Å²) >= 11 is 0. The van der Waals surface area contributed by atoms with Crippen molar-refractivity contribution in [3.63, 3.8) is 0 Å². The van der Waals surface area contributed by atoms with Crippen LogP contribution in [0.2, 0.25) is 0 Å². The van der Waals surface area contributed by atoms with Crippen molar-refractivity contribution in [1.29, 1.82) is 0 Å². The molecule has 6 heteroatoms. The van der Waals surface area contributed by atoms with Gasteiger partial charge in [0, 0.05) is 23.6 Å². The Labute approximate surface area is 204 Å². The van der Waals surface area contributed by atoms with Crippen molar-refractivity contribution in [1.82, 2.24) is 13.9 Å². The van der Waals surface area contributed by atoms with Gasteiger partial charge in [0.05, 0.1) is 11.4 Å². The van der Waals surface area contributed by atoms with Crippen LogP contribution in [0, 0.1) is 0 Å². The molecular formula is C29H28N4O2. The minimum absolute atomic E-state index is 0.0419. The number of amides is 1. The summed E-state index contributed by atoms with van der Waals surface area (Å²) in [7, 11) is 1.85. The molecule has 2 heterocycles. The first-order valence-electron chi connectivity index (χ1n) is 11.8. The third-order valence-electron chi connectivity index (χ3n) is 6.30. The maximum absolute atomic E-state index is 13.5. The molecule has 0 aliphatic carbocycles. The molecule has 0 unspecified atom stereocenters. The van der Waals surface area contributed by atoms with Gasteiger partial charge in [-0.1, -0.05) is 80.6 Å².